The monoisotopic (exact) mass is 335 g/mol. The minimum absolute atomic E-state index is 0.121. The number of ether oxygens (including phenoxy) is 1. The number of halogens is 2. The molecule has 0 unspecified atom stereocenters. The average Bonchev–Trinajstić information content (AvgIpc) is 2.67. The zero-order chi connectivity index (χ0) is 13.3. The molecule has 2 atom stereocenters. The third-order valence-electron chi connectivity index (χ3n) is 2.87. The number of aliphatic hydroxyl groups is 1. The SMILES string of the molecule is O=[N+]([O-])c1cc(Cl)cc(Br)c1O[C@@H]1CCC[C@H]1O. The van der Waals surface area contributed by atoms with E-state index in [1.165, 1.54) is 12.1 Å². The van der Waals surface area contributed by atoms with Crippen LogP contribution < -0.4 is 4.74 Å². The topological polar surface area (TPSA) is 72.6 Å². The fourth-order valence-corrected chi connectivity index (χ4v) is 2.88. The summed E-state index contributed by atoms with van der Waals surface area (Å²) >= 11 is 8.97. The molecule has 0 aromatic heterocycles. The van der Waals surface area contributed by atoms with E-state index in [9.17, 15) is 15.2 Å². The Morgan fingerprint density at radius 1 is 1.50 bits per heavy atom. The molecule has 0 bridgehead atoms. The summed E-state index contributed by atoms with van der Waals surface area (Å²) in [5.74, 6) is 0.121. The summed E-state index contributed by atoms with van der Waals surface area (Å²) in [4.78, 5) is 10.4. The Labute approximate surface area is 117 Å². The van der Waals surface area contributed by atoms with Crippen molar-refractivity contribution >= 4 is 33.2 Å². The van der Waals surface area contributed by atoms with E-state index >= 15 is 0 Å². The number of rotatable bonds is 3. The van der Waals surface area contributed by atoms with Gasteiger partial charge in [-0.15, -0.1) is 0 Å². The maximum atomic E-state index is 11.0. The molecule has 98 valence electrons. The molecule has 1 aliphatic rings. The Bertz CT molecular complexity index is 482. The van der Waals surface area contributed by atoms with E-state index in [0.717, 1.165) is 6.42 Å². The van der Waals surface area contributed by atoms with Crippen molar-refractivity contribution in [2.45, 2.75) is 31.5 Å². The summed E-state index contributed by atoms with van der Waals surface area (Å²) in [6, 6.07) is 2.77. The Kier molecular flexibility index (Phi) is 4.09. The van der Waals surface area contributed by atoms with E-state index < -0.39 is 17.1 Å². The van der Waals surface area contributed by atoms with Gasteiger partial charge in [0.1, 0.15) is 6.10 Å². The molecule has 2 rings (SSSR count). The van der Waals surface area contributed by atoms with Crippen molar-refractivity contribution < 1.29 is 14.8 Å². The van der Waals surface area contributed by atoms with Crippen LogP contribution in [0.1, 0.15) is 19.3 Å². The molecule has 0 spiro atoms. The van der Waals surface area contributed by atoms with E-state index in [-0.39, 0.29) is 16.5 Å². The normalized spacial score (nSPS) is 23.1. The van der Waals surface area contributed by atoms with Crippen LogP contribution in [0.5, 0.6) is 5.75 Å². The van der Waals surface area contributed by atoms with E-state index in [2.05, 4.69) is 15.9 Å². The highest BCUT2D eigenvalue weighted by Gasteiger charge is 2.30. The lowest BCUT2D eigenvalue weighted by molar-refractivity contribution is -0.386. The molecule has 1 N–H and O–H groups in total. The highest BCUT2D eigenvalue weighted by atomic mass is 79.9. The molecule has 0 heterocycles. The van der Waals surface area contributed by atoms with Gasteiger partial charge in [-0.05, 0) is 41.3 Å². The van der Waals surface area contributed by atoms with Gasteiger partial charge in [-0.2, -0.15) is 0 Å². The molecule has 1 fully saturated rings. The highest BCUT2D eigenvalue weighted by molar-refractivity contribution is 9.10. The van der Waals surface area contributed by atoms with Crippen LogP contribution in [0.4, 0.5) is 5.69 Å². The van der Waals surface area contributed by atoms with Crippen LogP contribution >= 0.6 is 27.5 Å². The first-order valence-corrected chi connectivity index (χ1v) is 6.64. The van der Waals surface area contributed by atoms with Crippen molar-refractivity contribution in [3.63, 3.8) is 0 Å². The molecule has 5 nitrogen and oxygen atoms in total. The Hall–Kier alpha value is -0.850. The number of hydrogen-bond acceptors (Lipinski definition) is 4. The molecule has 1 aromatic carbocycles. The summed E-state index contributed by atoms with van der Waals surface area (Å²) in [5.41, 5.74) is -0.200. The first-order valence-electron chi connectivity index (χ1n) is 5.47. The van der Waals surface area contributed by atoms with Gasteiger partial charge in [-0.3, -0.25) is 10.1 Å². The van der Waals surface area contributed by atoms with Crippen molar-refractivity contribution in [1.82, 2.24) is 0 Å². The summed E-state index contributed by atoms with van der Waals surface area (Å²) in [6.07, 6.45) is 1.22. The van der Waals surface area contributed by atoms with E-state index in [1.54, 1.807) is 0 Å². The molecule has 18 heavy (non-hydrogen) atoms. The summed E-state index contributed by atoms with van der Waals surface area (Å²) in [7, 11) is 0. The second-order valence-electron chi connectivity index (χ2n) is 4.15. The maximum Gasteiger partial charge on any atom is 0.313 e. The van der Waals surface area contributed by atoms with Gasteiger partial charge < -0.3 is 9.84 Å². The van der Waals surface area contributed by atoms with Crippen molar-refractivity contribution in [3.05, 3.63) is 31.7 Å². The minimum atomic E-state index is -0.577. The lowest BCUT2D eigenvalue weighted by Gasteiger charge is -2.18. The van der Waals surface area contributed by atoms with Gasteiger partial charge in [0.25, 0.3) is 0 Å². The standard InChI is InChI=1S/C11H11BrClNO4/c12-7-4-6(13)5-8(14(16)17)11(7)18-10-3-1-2-9(10)15/h4-5,9-10,15H,1-3H2/t9-,10-/m1/s1. The van der Waals surface area contributed by atoms with Gasteiger partial charge >= 0.3 is 5.69 Å². The molecule has 0 radical (unpaired) electrons. The van der Waals surface area contributed by atoms with Crippen molar-refractivity contribution in [2.24, 2.45) is 0 Å². The zero-order valence-electron chi connectivity index (χ0n) is 9.31. The lowest BCUT2D eigenvalue weighted by atomic mass is 10.2. The average molecular weight is 337 g/mol. The number of aliphatic hydroxyl groups excluding tert-OH is 1. The quantitative estimate of drug-likeness (QED) is 0.679. The van der Waals surface area contributed by atoms with Crippen LogP contribution in [0.25, 0.3) is 0 Å². The third kappa shape index (κ3) is 2.76. The van der Waals surface area contributed by atoms with Crippen molar-refractivity contribution in [3.8, 4) is 5.75 Å². The third-order valence-corrected chi connectivity index (χ3v) is 3.68. The second kappa shape index (κ2) is 5.42. The maximum absolute atomic E-state index is 11.0. The van der Waals surface area contributed by atoms with Crippen LogP contribution in [0.15, 0.2) is 16.6 Å². The Morgan fingerprint density at radius 3 is 2.78 bits per heavy atom. The van der Waals surface area contributed by atoms with Gasteiger partial charge in [0.05, 0.1) is 15.5 Å². The summed E-state index contributed by atoms with van der Waals surface area (Å²) in [6.45, 7) is 0. The Balaban J connectivity index is 2.33. The van der Waals surface area contributed by atoms with Gasteiger partial charge in [-0.1, -0.05) is 11.6 Å². The molecular formula is C11H11BrClNO4. The van der Waals surface area contributed by atoms with Crippen molar-refractivity contribution in [1.29, 1.82) is 0 Å². The molecule has 1 aliphatic carbocycles. The fraction of sp³-hybridized carbons (Fsp3) is 0.455. The van der Waals surface area contributed by atoms with Crippen LogP contribution in [-0.2, 0) is 0 Å². The first kappa shape index (κ1) is 13.6. The predicted octanol–water partition coefficient (Wildman–Crippen LogP) is 3.30. The van der Waals surface area contributed by atoms with Crippen LogP contribution in [0, 0.1) is 10.1 Å². The predicted molar refractivity (Wildman–Crippen MR) is 70.1 cm³/mol. The Morgan fingerprint density at radius 2 is 2.22 bits per heavy atom. The molecule has 0 saturated heterocycles. The largest absolute Gasteiger partial charge is 0.480 e. The van der Waals surface area contributed by atoms with Gasteiger partial charge in [0.2, 0.25) is 5.75 Å². The highest BCUT2D eigenvalue weighted by Crippen LogP contribution is 2.40. The first-order chi connectivity index (χ1) is 8.49. The number of nitro groups is 1. The smallest absolute Gasteiger partial charge is 0.313 e. The van der Waals surface area contributed by atoms with Crippen LogP contribution in [0.3, 0.4) is 0 Å². The van der Waals surface area contributed by atoms with E-state index in [0.29, 0.717) is 17.3 Å². The second-order valence-corrected chi connectivity index (χ2v) is 5.44. The number of hydrogen-bond donors (Lipinski definition) is 1. The fourth-order valence-electron chi connectivity index (χ4n) is 1.99. The van der Waals surface area contributed by atoms with Gasteiger partial charge in [0.15, 0.2) is 0 Å². The number of nitrogens with zero attached hydrogens (tertiary/aromatic N) is 1. The minimum Gasteiger partial charge on any atom is -0.480 e. The number of nitro benzene ring substituents is 1. The van der Waals surface area contributed by atoms with E-state index in [4.69, 9.17) is 16.3 Å². The molecule has 0 aliphatic heterocycles. The molecule has 1 aromatic rings. The summed E-state index contributed by atoms with van der Waals surface area (Å²) in [5, 5.41) is 20.9. The van der Waals surface area contributed by atoms with Crippen molar-refractivity contribution in [2.75, 3.05) is 0 Å². The van der Waals surface area contributed by atoms with E-state index in [1.807, 2.05) is 0 Å². The lowest BCUT2D eigenvalue weighted by Crippen LogP contribution is -2.26. The molecular weight excluding hydrogens is 325 g/mol. The number of benzene rings is 1. The van der Waals surface area contributed by atoms with Gasteiger partial charge in [-0.25, -0.2) is 0 Å². The van der Waals surface area contributed by atoms with Gasteiger partial charge in [0, 0.05) is 11.1 Å². The van der Waals surface area contributed by atoms with Crippen LogP contribution in [-0.4, -0.2) is 22.2 Å². The zero-order valence-corrected chi connectivity index (χ0v) is 11.6. The summed E-state index contributed by atoms with van der Waals surface area (Å²) < 4.78 is 5.99. The molecule has 1 saturated carbocycles. The molecule has 7 heteroatoms. The molecule has 0 amide bonds. The van der Waals surface area contributed by atoms with Crippen LogP contribution in [0.2, 0.25) is 5.02 Å².